The minimum atomic E-state index is -0.266. The van der Waals surface area contributed by atoms with Crippen molar-refractivity contribution in [2.24, 2.45) is 0 Å². The van der Waals surface area contributed by atoms with Crippen LogP contribution in [0.4, 0.5) is 0 Å². The summed E-state index contributed by atoms with van der Waals surface area (Å²) in [4.78, 5) is 13.8. The van der Waals surface area contributed by atoms with Crippen molar-refractivity contribution in [1.29, 1.82) is 0 Å². The van der Waals surface area contributed by atoms with Gasteiger partial charge in [-0.25, -0.2) is 0 Å². The van der Waals surface area contributed by atoms with E-state index in [1.54, 1.807) is 32.2 Å². The maximum absolute atomic E-state index is 12.3. The zero-order chi connectivity index (χ0) is 14.0. The Morgan fingerprint density at radius 2 is 2.11 bits per heavy atom. The zero-order valence-electron chi connectivity index (χ0n) is 11.1. The molecule has 0 spiro atoms. The highest BCUT2D eigenvalue weighted by Crippen LogP contribution is 2.28. The summed E-state index contributed by atoms with van der Waals surface area (Å²) in [5.41, 5.74) is 1.39. The summed E-state index contributed by atoms with van der Waals surface area (Å²) in [5, 5.41) is 13.4. The van der Waals surface area contributed by atoms with Gasteiger partial charge in [0.15, 0.2) is 0 Å². The third kappa shape index (κ3) is 2.45. The predicted molar refractivity (Wildman–Crippen MR) is 69.9 cm³/mol. The maximum atomic E-state index is 12.3. The minimum Gasteiger partial charge on any atom is -0.508 e. The lowest BCUT2D eigenvalue weighted by Gasteiger charge is -2.25. The Morgan fingerprint density at radius 3 is 2.68 bits per heavy atom. The topological polar surface area (TPSA) is 66.6 Å². The van der Waals surface area contributed by atoms with E-state index < -0.39 is 0 Å². The van der Waals surface area contributed by atoms with Crippen molar-refractivity contribution in [3.63, 3.8) is 0 Å². The van der Waals surface area contributed by atoms with Crippen LogP contribution in [-0.4, -0.2) is 28.1 Å². The lowest BCUT2D eigenvalue weighted by molar-refractivity contribution is 0.0698. The first-order chi connectivity index (χ1) is 9.02. The number of amides is 1. The molecule has 0 radical (unpaired) electrons. The van der Waals surface area contributed by atoms with E-state index in [0.29, 0.717) is 11.1 Å². The van der Waals surface area contributed by atoms with E-state index in [0.717, 1.165) is 0 Å². The van der Waals surface area contributed by atoms with Gasteiger partial charge in [-0.15, -0.1) is 0 Å². The lowest BCUT2D eigenvalue weighted by atomic mass is 10.1. The molecule has 1 aromatic carbocycles. The summed E-state index contributed by atoms with van der Waals surface area (Å²) in [6, 6.07) is 6.69. The van der Waals surface area contributed by atoms with Gasteiger partial charge in [-0.2, -0.15) is 0 Å². The molecule has 1 unspecified atom stereocenters. The van der Waals surface area contributed by atoms with Gasteiger partial charge in [0.2, 0.25) is 5.76 Å². The highest BCUT2D eigenvalue weighted by atomic mass is 16.5. The number of benzene rings is 1. The fourth-order valence-corrected chi connectivity index (χ4v) is 1.88. The van der Waals surface area contributed by atoms with Crippen molar-refractivity contribution in [2.75, 3.05) is 7.05 Å². The minimum absolute atomic E-state index is 0.170. The van der Waals surface area contributed by atoms with Crippen LogP contribution in [0, 0.1) is 6.92 Å². The molecule has 0 saturated heterocycles. The highest BCUT2D eigenvalue weighted by molar-refractivity contribution is 5.92. The summed E-state index contributed by atoms with van der Waals surface area (Å²) in [7, 11) is 1.67. The van der Waals surface area contributed by atoms with Crippen LogP contribution >= 0.6 is 0 Å². The quantitative estimate of drug-likeness (QED) is 0.920. The molecule has 0 aliphatic heterocycles. The van der Waals surface area contributed by atoms with Gasteiger partial charge in [-0.1, -0.05) is 23.4 Å². The third-order valence-electron chi connectivity index (χ3n) is 3.23. The lowest BCUT2D eigenvalue weighted by Crippen LogP contribution is -2.29. The molecule has 1 aromatic heterocycles. The van der Waals surface area contributed by atoms with Crippen molar-refractivity contribution in [1.82, 2.24) is 10.1 Å². The van der Waals surface area contributed by atoms with Gasteiger partial charge in [-0.3, -0.25) is 4.79 Å². The first kappa shape index (κ1) is 13.1. The Morgan fingerprint density at radius 1 is 1.42 bits per heavy atom. The first-order valence-corrected chi connectivity index (χ1v) is 5.98. The van der Waals surface area contributed by atoms with E-state index in [1.165, 1.54) is 11.1 Å². The number of rotatable bonds is 3. The summed E-state index contributed by atoms with van der Waals surface area (Å²) in [5.74, 6) is 0.138. The number of aromatic nitrogens is 1. The van der Waals surface area contributed by atoms with Crippen LogP contribution in [0.2, 0.25) is 0 Å². The summed E-state index contributed by atoms with van der Waals surface area (Å²) in [6.45, 7) is 3.61. The van der Waals surface area contributed by atoms with Crippen LogP contribution < -0.4 is 0 Å². The Kier molecular flexibility index (Phi) is 3.55. The van der Waals surface area contributed by atoms with Gasteiger partial charge in [0, 0.05) is 18.2 Å². The number of nitrogens with zero attached hydrogens (tertiary/aromatic N) is 2. The van der Waals surface area contributed by atoms with Crippen LogP contribution in [0.15, 0.2) is 35.0 Å². The van der Waals surface area contributed by atoms with Crippen LogP contribution in [0.5, 0.6) is 5.75 Å². The molecule has 1 atom stereocenters. The van der Waals surface area contributed by atoms with E-state index in [1.807, 2.05) is 13.0 Å². The Bertz CT molecular complexity index is 592. The number of aryl methyl sites for hydroxylation is 1. The van der Waals surface area contributed by atoms with Crippen molar-refractivity contribution in [3.05, 3.63) is 47.3 Å². The van der Waals surface area contributed by atoms with Gasteiger partial charge in [0.05, 0.1) is 12.2 Å². The molecule has 0 bridgehead atoms. The largest absolute Gasteiger partial charge is 0.508 e. The summed E-state index contributed by atoms with van der Waals surface area (Å²) >= 11 is 0. The highest BCUT2D eigenvalue weighted by Gasteiger charge is 2.24. The standard InChI is InChI=1S/C14H16N2O3/c1-9-8-15-19-13(9)14(18)16(3)10(2)11-6-4-5-7-12(11)17/h4-8,10,17H,1-3H3. The zero-order valence-corrected chi connectivity index (χ0v) is 11.1. The average Bonchev–Trinajstić information content (AvgIpc) is 2.83. The Labute approximate surface area is 111 Å². The van der Waals surface area contributed by atoms with Crippen LogP contribution in [0.25, 0.3) is 0 Å². The molecule has 100 valence electrons. The molecular weight excluding hydrogens is 244 g/mol. The van der Waals surface area contributed by atoms with Gasteiger partial charge < -0.3 is 14.5 Å². The van der Waals surface area contributed by atoms with Crippen molar-refractivity contribution in [2.45, 2.75) is 19.9 Å². The second-order valence-corrected chi connectivity index (χ2v) is 4.49. The van der Waals surface area contributed by atoms with Crippen LogP contribution in [0.3, 0.4) is 0 Å². The van der Waals surface area contributed by atoms with E-state index >= 15 is 0 Å². The SMILES string of the molecule is Cc1cnoc1C(=O)N(C)C(C)c1ccccc1O. The molecule has 0 fully saturated rings. The fourth-order valence-electron chi connectivity index (χ4n) is 1.88. The van der Waals surface area contributed by atoms with Crippen molar-refractivity contribution >= 4 is 5.91 Å². The molecule has 2 rings (SSSR count). The molecule has 19 heavy (non-hydrogen) atoms. The second-order valence-electron chi connectivity index (χ2n) is 4.49. The van der Waals surface area contributed by atoms with Crippen molar-refractivity contribution in [3.8, 4) is 5.75 Å². The monoisotopic (exact) mass is 260 g/mol. The molecule has 0 saturated carbocycles. The fraction of sp³-hybridized carbons (Fsp3) is 0.286. The number of hydrogen-bond acceptors (Lipinski definition) is 4. The molecule has 5 heteroatoms. The predicted octanol–water partition coefficient (Wildman–Crippen LogP) is 2.52. The first-order valence-electron chi connectivity index (χ1n) is 5.98. The molecular formula is C14H16N2O3. The van der Waals surface area contributed by atoms with Crippen LogP contribution in [0.1, 0.15) is 34.6 Å². The third-order valence-corrected chi connectivity index (χ3v) is 3.23. The molecule has 0 aliphatic rings. The Balaban J connectivity index is 2.25. The number of phenolic OH excluding ortho intramolecular Hbond substituents is 1. The van der Waals surface area contributed by atoms with Gasteiger partial charge in [-0.05, 0) is 19.9 Å². The molecule has 2 aromatic rings. The molecule has 0 aliphatic carbocycles. The van der Waals surface area contributed by atoms with E-state index in [2.05, 4.69) is 5.16 Å². The van der Waals surface area contributed by atoms with E-state index in [9.17, 15) is 9.90 Å². The second kappa shape index (κ2) is 5.14. The molecule has 1 N–H and O–H groups in total. The molecule has 1 heterocycles. The van der Waals surface area contributed by atoms with Crippen molar-refractivity contribution < 1.29 is 14.4 Å². The average molecular weight is 260 g/mol. The number of carbonyl (C=O) groups is 1. The number of carbonyl (C=O) groups excluding carboxylic acids is 1. The normalized spacial score (nSPS) is 12.2. The smallest absolute Gasteiger partial charge is 0.292 e. The Hall–Kier alpha value is -2.30. The number of phenols is 1. The maximum Gasteiger partial charge on any atom is 0.292 e. The molecule has 1 amide bonds. The van der Waals surface area contributed by atoms with E-state index in [4.69, 9.17) is 4.52 Å². The van der Waals surface area contributed by atoms with Gasteiger partial charge in [0.1, 0.15) is 5.75 Å². The summed E-state index contributed by atoms with van der Waals surface area (Å²) < 4.78 is 4.96. The van der Waals surface area contributed by atoms with Gasteiger partial charge in [0.25, 0.3) is 5.91 Å². The van der Waals surface area contributed by atoms with E-state index in [-0.39, 0.29) is 23.5 Å². The molecule has 5 nitrogen and oxygen atoms in total. The van der Waals surface area contributed by atoms with Gasteiger partial charge >= 0.3 is 0 Å². The number of aromatic hydroxyl groups is 1. The number of hydrogen-bond donors (Lipinski definition) is 1. The van der Waals surface area contributed by atoms with Crippen LogP contribution in [-0.2, 0) is 0 Å². The number of para-hydroxylation sites is 1. The summed E-state index contributed by atoms with van der Waals surface area (Å²) in [6.07, 6.45) is 1.51.